The SMILES string of the molecule is CC(=O)c1cccc(S(=O)(=O)N2CCN(CCOc3ccc(Cl)cc3)CC2)c1. The van der Waals surface area contributed by atoms with Gasteiger partial charge in [-0.15, -0.1) is 0 Å². The van der Waals surface area contributed by atoms with Gasteiger partial charge in [-0.1, -0.05) is 23.7 Å². The summed E-state index contributed by atoms with van der Waals surface area (Å²) in [6.07, 6.45) is 0. The van der Waals surface area contributed by atoms with E-state index in [2.05, 4.69) is 4.90 Å². The number of halogens is 1. The molecule has 0 radical (unpaired) electrons. The molecule has 2 aromatic rings. The molecule has 0 unspecified atom stereocenters. The molecule has 0 saturated carbocycles. The molecule has 0 aliphatic carbocycles. The van der Waals surface area contributed by atoms with Crippen LogP contribution in [0.5, 0.6) is 5.75 Å². The Kier molecular flexibility index (Phi) is 6.72. The monoisotopic (exact) mass is 422 g/mol. The lowest BCUT2D eigenvalue weighted by Gasteiger charge is -2.33. The number of sulfonamides is 1. The summed E-state index contributed by atoms with van der Waals surface area (Å²) in [6.45, 7) is 4.76. The number of ether oxygens (including phenoxy) is 1. The number of piperazine rings is 1. The van der Waals surface area contributed by atoms with Gasteiger partial charge in [-0.2, -0.15) is 4.31 Å². The lowest BCUT2D eigenvalue weighted by atomic mass is 10.2. The first-order valence-electron chi connectivity index (χ1n) is 9.08. The van der Waals surface area contributed by atoms with E-state index in [1.54, 1.807) is 24.3 Å². The van der Waals surface area contributed by atoms with Crippen LogP contribution in [0.25, 0.3) is 0 Å². The Labute approximate surface area is 170 Å². The quantitative estimate of drug-likeness (QED) is 0.642. The van der Waals surface area contributed by atoms with Gasteiger partial charge in [0.25, 0.3) is 0 Å². The summed E-state index contributed by atoms with van der Waals surface area (Å²) >= 11 is 5.85. The molecule has 0 bridgehead atoms. The Bertz CT molecular complexity index is 923. The molecule has 0 atom stereocenters. The van der Waals surface area contributed by atoms with Gasteiger partial charge in [-0.25, -0.2) is 8.42 Å². The third-order valence-electron chi connectivity index (χ3n) is 4.70. The molecule has 0 spiro atoms. The average molecular weight is 423 g/mol. The molecule has 1 aliphatic heterocycles. The third-order valence-corrected chi connectivity index (χ3v) is 6.85. The molecule has 1 fully saturated rings. The number of carbonyl (C=O) groups excluding carboxylic acids is 1. The van der Waals surface area contributed by atoms with Crippen molar-refractivity contribution in [3.63, 3.8) is 0 Å². The van der Waals surface area contributed by atoms with Gasteiger partial charge in [-0.3, -0.25) is 9.69 Å². The highest BCUT2D eigenvalue weighted by atomic mass is 35.5. The lowest BCUT2D eigenvalue weighted by Crippen LogP contribution is -2.49. The zero-order valence-electron chi connectivity index (χ0n) is 15.7. The van der Waals surface area contributed by atoms with Crippen LogP contribution in [-0.2, 0) is 10.0 Å². The van der Waals surface area contributed by atoms with Crippen molar-refractivity contribution in [2.75, 3.05) is 39.3 Å². The minimum absolute atomic E-state index is 0.150. The summed E-state index contributed by atoms with van der Waals surface area (Å²) in [5, 5.41) is 0.665. The molecule has 0 N–H and O–H groups in total. The van der Waals surface area contributed by atoms with Crippen LogP contribution >= 0.6 is 11.6 Å². The van der Waals surface area contributed by atoms with Gasteiger partial charge in [0.15, 0.2) is 5.78 Å². The van der Waals surface area contributed by atoms with E-state index in [0.717, 1.165) is 12.3 Å². The van der Waals surface area contributed by atoms with Crippen molar-refractivity contribution in [2.24, 2.45) is 0 Å². The van der Waals surface area contributed by atoms with Crippen molar-refractivity contribution in [1.82, 2.24) is 9.21 Å². The molecule has 2 aromatic carbocycles. The summed E-state index contributed by atoms with van der Waals surface area (Å²) < 4.78 is 32.9. The highest BCUT2D eigenvalue weighted by Crippen LogP contribution is 2.19. The molecule has 6 nitrogen and oxygen atoms in total. The first-order chi connectivity index (χ1) is 13.4. The number of ketones is 1. The minimum atomic E-state index is -3.60. The van der Waals surface area contributed by atoms with Crippen molar-refractivity contribution < 1.29 is 17.9 Å². The van der Waals surface area contributed by atoms with E-state index in [9.17, 15) is 13.2 Å². The number of nitrogens with zero attached hydrogens (tertiary/aromatic N) is 2. The zero-order chi connectivity index (χ0) is 20.1. The first kappa shape index (κ1) is 20.8. The number of hydrogen-bond acceptors (Lipinski definition) is 5. The number of benzene rings is 2. The van der Waals surface area contributed by atoms with Gasteiger partial charge < -0.3 is 4.74 Å². The van der Waals surface area contributed by atoms with Crippen molar-refractivity contribution in [1.29, 1.82) is 0 Å². The topological polar surface area (TPSA) is 66.9 Å². The van der Waals surface area contributed by atoms with Crippen LogP contribution in [0.1, 0.15) is 17.3 Å². The van der Waals surface area contributed by atoms with Gasteiger partial charge in [-0.05, 0) is 43.3 Å². The largest absolute Gasteiger partial charge is 0.492 e. The third kappa shape index (κ3) is 5.11. The second kappa shape index (κ2) is 9.05. The summed E-state index contributed by atoms with van der Waals surface area (Å²) in [5.41, 5.74) is 0.402. The van der Waals surface area contributed by atoms with Crippen LogP contribution in [0.3, 0.4) is 0 Å². The number of Topliss-reactive ketones (excluding diaryl/α,β-unsaturated/α-hetero) is 1. The molecule has 3 rings (SSSR count). The predicted molar refractivity (Wildman–Crippen MR) is 109 cm³/mol. The fourth-order valence-corrected chi connectivity index (χ4v) is 4.64. The highest BCUT2D eigenvalue weighted by molar-refractivity contribution is 7.89. The van der Waals surface area contributed by atoms with Gasteiger partial charge >= 0.3 is 0 Å². The average Bonchev–Trinajstić information content (AvgIpc) is 2.70. The van der Waals surface area contributed by atoms with Crippen molar-refractivity contribution in [3.05, 3.63) is 59.1 Å². The Hall–Kier alpha value is -1.93. The van der Waals surface area contributed by atoms with E-state index in [4.69, 9.17) is 16.3 Å². The number of hydrogen-bond donors (Lipinski definition) is 0. The predicted octanol–water partition coefficient (Wildman–Crippen LogP) is 2.93. The maximum absolute atomic E-state index is 12.9. The molecule has 0 amide bonds. The Balaban J connectivity index is 1.52. The van der Waals surface area contributed by atoms with Crippen LogP contribution in [0.2, 0.25) is 5.02 Å². The maximum Gasteiger partial charge on any atom is 0.243 e. The maximum atomic E-state index is 12.9. The first-order valence-corrected chi connectivity index (χ1v) is 10.9. The second-order valence-corrected chi connectivity index (χ2v) is 9.01. The number of rotatable bonds is 7. The summed E-state index contributed by atoms with van der Waals surface area (Å²) in [7, 11) is -3.60. The van der Waals surface area contributed by atoms with E-state index in [0.29, 0.717) is 43.4 Å². The van der Waals surface area contributed by atoms with Crippen LogP contribution < -0.4 is 4.74 Å². The van der Waals surface area contributed by atoms with Crippen molar-refractivity contribution in [3.8, 4) is 5.75 Å². The molecule has 1 aliphatic rings. The fourth-order valence-electron chi connectivity index (χ4n) is 3.04. The van der Waals surface area contributed by atoms with Crippen molar-refractivity contribution >= 4 is 27.4 Å². The Morgan fingerprint density at radius 2 is 1.75 bits per heavy atom. The molecule has 150 valence electrons. The Morgan fingerprint density at radius 3 is 2.39 bits per heavy atom. The van der Waals surface area contributed by atoms with E-state index in [1.807, 2.05) is 12.1 Å². The van der Waals surface area contributed by atoms with Crippen LogP contribution in [0.15, 0.2) is 53.4 Å². The standard InChI is InChI=1S/C20H23ClN2O4S/c1-16(24)17-3-2-4-20(15-17)28(25,26)23-11-9-22(10-12-23)13-14-27-19-7-5-18(21)6-8-19/h2-8,15H,9-14H2,1H3. The van der Waals surface area contributed by atoms with E-state index >= 15 is 0 Å². The molecule has 1 heterocycles. The minimum Gasteiger partial charge on any atom is -0.492 e. The fraction of sp³-hybridized carbons (Fsp3) is 0.350. The van der Waals surface area contributed by atoms with E-state index in [-0.39, 0.29) is 10.7 Å². The second-order valence-electron chi connectivity index (χ2n) is 6.63. The summed E-state index contributed by atoms with van der Waals surface area (Å²) in [4.78, 5) is 13.9. The molecular formula is C20H23ClN2O4S. The highest BCUT2D eigenvalue weighted by Gasteiger charge is 2.28. The molecular weight excluding hydrogens is 400 g/mol. The number of carbonyl (C=O) groups is 1. The molecule has 1 saturated heterocycles. The van der Waals surface area contributed by atoms with Crippen LogP contribution in [-0.4, -0.2) is 62.7 Å². The normalized spacial score (nSPS) is 16.1. The molecule has 0 aromatic heterocycles. The van der Waals surface area contributed by atoms with Gasteiger partial charge in [0.05, 0.1) is 4.90 Å². The van der Waals surface area contributed by atoms with Gasteiger partial charge in [0.1, 0.15) is 12.4 Å². The van der Waals surface area contributed by atoms with E-state index < -0.39 is 10.0 Å². The van der Waals surface area contributed by atoms with Crippen molar-refractivity contribution in [2.45, 2.75) is 11.8 Å². The van der Waals surface area contributed by atoms with Crippen LogP contribution in [0, 0.1) is 0 Å². The van der Waals surface area contributed by atoms with Gasteiger partial charge in [0.2, 0.25) is 10.0 Å². The van der Waals surface area contributed by atoms with Crippen LogP contribution in [0.4, 0.5) is 0 Å². The summed E-state index contributed by atoms with van der Waals surface area (Å²) in [5.74, 6) is 0.610. The van der Waals surface area contributed by atoms with E-state index in [1.165, 1.54) is 23.4 Å². The zero-order valence-corrected chi connectivity index (χ0v) is 17.2. The Morgan fingerprint density at radius 1 is 1.07 bits per heavy atom. The smallest absolute Gasteiger partial charge is 0.243 e. The van der Waals surface area contributed by atoms with Gasteiger partial charge in [0, 0.05) is 43.3 Å². The summed E-state index contributed by atoms with van der Waals surface area (Å²) in [6, 6.07) is 13.4. The lowest BCUT2D eigenvalue weighted by molar-refractivity contribution is 0.101. The molecule has 28 heavy (non-hydrogen) atoms. The molecule has 8 heteroatoms.